The average Bonchev–Trinajstić information content (AvgIpc) is 2.30. The first-order valence-electron chi connectivity index (χ1n) is 5.39. The Kier molecular flexibility index (Phi) is 3.30. The molecule has 1 aliphatic rings. The summed E-state index contributed by atoms with van der Waals surface area (Å²) in [6, 6.07) is 6.43. The molecule has 0 spiro atoms. The molecule has 0 saturated carbocycles. The molecule has 0 atom stereocenters. The van der Waals surface area contributed by atoms with Crippen LogP contribution in [0.4, 0.5) is 4.39 Å². The maximum Gasteiger partial charge on any atom is 0.162 e. The molecule has 1 aromatic rings. The van der Waals surface area contributed by atoms with Crippen molar-refractivity contribution in [3.63, 3.8) is 0 Å². The third kappa shape index (κ3) is 2.66. The van der Waals surface area contributed by atoms with Crippen LogP contribution in [0.1, 0.15) is 18.4 Å². The lowest BCUT2D eigenvalue weighted by Crippen LogP contribution is -2.05. The first kappa shape index (κ1) is 10.8. The highest BCUT2D eigenvalue weighted by molar-refractivity contribution is 5.97. The smallest absolute Gasteiger partial charge is 0.162 e. The number of benzene rings is 1. The van der Waals surface area contributed by atoms with Gasteiger partial charge in [0, 0.05) is 6.42 Å². The summed E-state index contributed by atoms with van der Waals surface area (Å²) < 4.78 is 12.7. The highest BCUT2D eigenvalue weighted by atomic mass is 19.1. The Morgan fingerprint density at radius 1 is 1.12 bits per heavy atom. The van der Waals surface area contributed by atoms with Gasteiger partial charge in [0.2, 0.25) is 0 Å². The lowest BCUT2D eigenvalue weighted by Gasteiger charge is -2.07. The van der Waals surface area contributed by atoms with Crippen LogP contribution in [0.3, 0.4) is 0 Å². The number of halogens is 1. The molecule has 0 N–H and O–H groups in total. The first-order valence-corrected chi connectivity index (χ1v) is 5.39. The van der Waals surface area contributed by atoms with E-state index in [4.69, 9.17) is 0 Å². The van der Waals surface area contributed by atoms with E-state index < -0.39 is 0 Å². The maximum absolute atomic E-state index is 12.7. The van der Waals surface area contributed by atoms with Crippen LogP contribution in [0.25, 0.3) is 0 Å². The van der Waals surface area contributed by atoms with E-state index in [2.05, 4.69) is 0 Å². The number of carbonyl (C=O) groups excluding carboxylic acids is 1. The molecule has 2 rings (SSSR count). The summed E-state index contributed by atoms with van der Waals surface area (Å²) in [5.41, 5.74) is 1.93. The van der Waals surface area contributed by atoms with Gasteiger partial charge < -0.3 is 0 Å². The van der Waals surface area contributed by atoms with Crippen molar-refractivity contribution >= 4 is 5.78 Å². The summed E-state index contributed by atoms with van der Waals surface area (Å²) in [7, 11) is 0. The van der Waals surface area contributed by atoms with Gasteiger partial charge in [0.05, 0.1) is 0 Å². The van der Waals surface area contributed by atoms with Gasteiger partial charge in [-0.3, -0.25) is 4.79 Å². The summed E-state index contributed by atoms with van der Waals surface area (Å²) in [5, 5.41) is 0. The number of aryl methyl sites for hydroxylation is 1. The maximum atomic E-state index is 12.7. The number of rotatable bonds is 3. The average molecular weight is 216 g/mol. The molecular formula is C14H13FO. The quantitative estimate of drug-likeness (QED) is 0.758. The van der Waals surface area contributed by atoms with Crippen molar-refractivity contribution in [2.75, 3.05) is 0 Å². The molecule has 0 aromatic heterocycles. The van der Waals surface area contributed by atoms with Crippen LogP contribution in [0.5, 0.6) is 0 Å². The molecule has 0 amide bonds. The second-order valence-corrected chi connectivity index (χ2v) is 3.87. The van der Waals surface area contributed by atoms with E-state index in [1.165, 1.54) is 12.1 Å². The molecule has 0 fully saturated rings. The second kappa shape index (κ2) is 4.88. The van der Waals surface area contributed by atoms with Crippen molar-refractivity contribution in [2.24, 2.45) is 0 Å². The van der Waals surface area contributed by atoms with Gasteiger partial charge in [-0.15, -0.1) is 0 Å². The van der Waals surface area contributed by atoms with Gasteiger partial charge in [-0.05, 0) is 36.1 Å². The summed E-state index contributed by atoms with van der Waals surface area (Å²) in [6.45, 7) is 0. The SMILES string of the molecule is O=C1CC=CC=C1CCc1ccc(F)cc1. The summed E-state index contributed by atoms with van der Waals surface area (Å²) in [4.78, 5) is 11.5. The second-order valence-electron chi connectivity index (χ2n) is 3.87. The Morgan fingerprint density at radius 2 is 1.88 bits per heavy atom. The molecule has 0 heterocycles. The molecule has 2 heteroatoms. The minimum atomic E-state index is -0.223. The van der Waals surface area contributed by atoms with Crippen molar-refractivity contribution in [1.82, 2.24) is 0 Å². The fourth-order valence-corrected chi connectivity index (χ4v) is 1.74. The van der Waals surface area contributed by atoms with E-state index in [0.29, 0.717) is 6.42 Å². The number of hydrogen-bond donors (Lipinski definition) is 0. The van der Waals surface area contributed by atoms with Crippen LogP contribution in [0.2, 0.25) is 0 Å². The lowest BCUT2D eigenvalue weighted by atomic mass is 9.97. The summed E-state index contributed by atoms with van der Waals surface area (Å²) in [5.74, 6) is -0.0238. The van der Waals surface area contributed by atoms with Crippen LogP contribution in [0, 0.1) is 5.82 Å². The third-order valence-corrected chi connectivity index (χ3v) is 2.69. The monoisotopic (exact) mass is 216 g/mol. The van der Waals surface area contributed by atoms with Crippen molar-refractivity contribution in [1.29, 1.82) is 0 Å². The van der Waals surface area contributed by atoms with Crippen molar-refractivity contribution < 1.29 is 9.18 Å². The van der Waals surface area contributed by atoms with E-state index in [1.54, 1.807) is 12.1 Å². The van der Waals surface area contributed by atoms with Crippen molar-refractivity contribution in [3.8, 4) is 0 Å². The van der Waals surface area contributed by atoms with Crippen molar-refractivity contribution in [3.05, 3.63) is 59.4 Å². The predicted octanol–water partition coefficient (Wildman–Crippen LogP) is 3.21. The lowest BCUT2D eigenvalue weighted by molar-refractivity contribution is -0.115. The van der Waals surface area contributed by atoms with Gasteiger partial charge in [-0.1, -0.05) is 30.4 Å². The Balaban J connectivity index is 1.97. The Bertz CT molecular complexity index is 440. The zero-order chi connectivity index (χ0) is 11.4. The zero-order valence-electron chi connectivity index (χ0n) is 8.95. The van der Waals surface area contributed by atoms with E-state index >= 15 is 0 Å². The normalized spacial score (nSPS) is 15.1. The van der Waals surface area contributed by atoms with E-state index in [9.17, 15) is 9.18 Å². The topological polar surface area (TPSA) is 17.1 Å². The van der Waals surface area contributed by atoms with Gasteiger partial charge in [0.1, 0.15) is 5.82 Å². The Hall–Kier alpha value is -1.70. The predicted molar refractivity (Wildman–Crippen MR) is 61.6 cm³/mol. The number of carbonyl (C=O) groups is 1. The fraction of sp³-hybridized carbons (Fsp3) is 0.214. The van der Waals surface area contributed by atoms with E-state index in [1.807, 2.05) is 18.2 Å². The van der Waals surface area contributed by atoms with Crippen LogP contribution < -0.4 is 0 Å². The van der Waals surface area contributed by atoms with Gasteiger partial charge in [-0.2, -0.15) is 0 Å². The molecule has 82 valence electrons. The molecule has 0 aliphatic heterocycles. The molecule has 1 nitrogen and oxygen atoms in total. The Labute approximate surface area is 94.3 Å². The molecule has 16 heavy (non-hydrogen) atoms. The number of hydrogen-bond acceptors (Lipinski definition) is 1. The number of ketones is 1. The standard InChI is InChI=1S/C14H13FO/c15-13-9-6-11(7-10-13)5-8-12-3-1-2-4-14(12)16/h1-3,6-7,9-10H,4-5,8H2. The summed E-state index contributed by atoms with van der Waals surface area (Å²) >= 11 is 0. The summed E-state index contributed by atoms with van der Waals surface area (Å²) in [6.07, 6.45) is 7.68. The first-order chi connectivity index (χ1) is 7.75. The molecular weight excluding hydrogens is 203 g/mol. The number of Topliss-reactive ketones (excluding diaryl/α,β-unsaturated/α-hetero) is 1. The molecule has 0 unspecified atom stereocenters. The molecule has 1 aliphatic carbocycles. The molecule has 0 radical (unpaired) electrons. The van der Waals surface area contributed by atoms with E-state index in [-0.39, 0.29) is 11.6 Å². The van der Waals surface area contributed by atoms with Crippen molar-refractivity contribution in [2.45, 2.75) is 19.3 Å². The molecule has 0 saturated heterocycles. The minimum Gasteiger partial charge on any atom is -0.294 e. The Morgan fingerprint density at radius 3 is 2.56 bits per heavy atom. The van der Waals surface area contributed by atoms with Crippen LogP contribution in [0.15, 0.2) is 48.1 Å². The van der Waals surface area contributed by atoms with Gasteiger partial charge >= 0.3 is 0 Å². The highest BCUT2D eigenvalue weighted by Crippen LogP contribution is 2.15. The van der Waals surface area contributed by atoms with Gasteiger partial charge in [0.15, 0.2) is 5.78 Å². The third-order valence-electron chi connectivity index (χ3n) is 2.69. The molecule has 1 aromatic carbocycles. The van der Waals surface area contributed by atoms with Crippen LogP contribution in [-0.4, -0.2) is 5.78 Å². The van der Waals surface area contributed by atoms with Gasteiger partial charge in [-0.25, -0.2) is 4.39 Å². The number of allylic oxidation sites excluding steroid dienone is 4. The minimum absolute atomic E-state index is 0.199. The molecule has 0 bridgehead atoms. The van der Waals surface area contributed by atoms with Crippen LogP contribution >= 0.6 is 0 Å². The fourth-order valence-electron chi connectivity index (χ4n) is 1.74. The zero-order valence-corrected chi connectivity index (χ0v) is 8.95. The van der Waals surface area contributed by atoms with Crippen LogP contribution in [-0.2, 0) is 11.2 Å². The van der Waals surface area contributed by atoms with E-state index in [0.717, 1.165) is 24.0 Å². The highest BCUT2D eigenvalue weighted by Gasteiger charge is 2.09. The van der Waals surface area contributed by atoms with Gasteiger partial charge in [0.25, 0.3) is 0 Å². The largest absolute Gasteiger partial charge is 0.294 e.